The number of nitrogens with one attached hydrogen (secondary N) is 3. The van der Waals surface area contributed by atoms with E-state index in [1.807, 2.05) is 48.8 Å². The summed E-state index contributed by atoms with van der Waals surface area (Å²) < 4.78 is 0.732. The largest absolute Gasteiger partial charge is 0.358 e. The molecule has 3 N–H and O–H groups in total. The third-order valence-electron chi connectivity index (χ3n) is 6.80. The van der Waals surface area contributed by atoms with Crippen molar-refractivity contribution in [3.05, 3.63) is 71.6 Å². The average molecular weight is 525 g/mol. The van der Waals surface area contributed by atoms with Gasteiger partial charge in [-0.05, 0) is 55.2 Å². The van der Waals surface area contributed by atoms with E-state index in [1.165, 1.54) is 30.6 Å². The molecule has 0 bridgehead atoms. The van der Waals surface area contributed by atoms with Gasteiger partial charge >= 0.3 is 0 Å². The molecule has 6 aromatic heterocycles. The zero-order chi connectivity index (χ0) is 24.9. The second kappa shape index (κ2) is 8.79. The molecule has 6 heterocycles. The van der Waals surface area contributed by atoms with Crippen LogP contribution in [0.3, 0.4) is 0 Å². The van der Waals surface area contributed by atoms with Gasteiger partial charge in [-0.3, -0.25) is 10.1 Å². The van der Waals surface area contributed by atoms with E-state index in [2.05, 4.69) is 37.0 Å². The van der Waals surface area contributed by atoms with Crippen LogP contribution in [0.2, 0.25) is 4.34 Å². The highest BCUT2D eigenvalue weighted by molar-refractivity contribution is 7.19. The van der Waals surface area contributed by atoms with E-state index in [4.69, 9.17) is 21.6 Å². The first-order valence-electron chi connectivity index (χ1n) is 12.0. The molecule has 0 aliphatic heterocycles. The van der Waals surface area contributed by atoms with Gasteiger partial charge in [-0.25, -0.2) is 15.0 Å². The molecule has 6 aromatic rings. The van der Waals surface area contributed by atoms with Crippen LogP contribution in [0.5, 0.6) is 0 Å². The SMILES string of the molecule is C=C(Nc1cncc(-c2ccc3[nH]nc(-c4nc5nccc(-c6ccc(Cl)s6)c5[nH]4)c3n2)c1)C1CCC1. The molecular formula is C27H21ClN8S. The number of nitrogens with zero attached hydrogens (tertiary/aromatic N) is 5. The zero-order valence-corrected chi connectivity index (χ0v) is 21.2. The highest BCUT2D eigenvalue weighted by Crippen LogP contribution is 2.36. The minimum atomic E-state index is 0.544. The van der Waals surface area contributed by atoms with E-state index >= 15 is 0 Å². The predicted molar refractivity (Wildman–Crippen MR) is 148 cm³/mol. The Labute approximate surface area is 220 Å². The first-order valence-corrected chi connectivity index (χ1v) is 13.2. The Hall–Kier alpha value is -4.08. The van der Waals surface area contributed by atoms with E-state index in [0.717, 1.165) is 54.0 Å². The molecule has 0 spiro atoms. The van der Waals surface area contributed by atoms with E-state index in [1.54, 1.807) is 6.20 Å². The van der Waals surface area contributed by atoms with Crippen molar-refractivity contribution in [1.29, 1.82) is 0 Å². The number of allylic oxidation sites excluding steroid dienone is 1. The smallest absolute Gasteiger partial charge is 0.178 e. The lowest BCUT2D eigenvalue weighted by Gasteiger charge is -2.28. The lowest BCUT2D eigenvalue weighted by molar-refractivity contribution is 0.371. The number of halogens is 1. The molecule has 0 atom stereocenters. The lowest BCUT2D eigenvalue weighted by Crippen LogP contribution is -2.18. The fraction of sp³-hybridized carbons (Fsp3) is 0.148. The van der Waals surface area contributed by atoms with Crippen molar-refractivity contribution in [2.45, 2.75) is 19.3 Å². The summed E-state index contributed by atoms with van der Waals surface area (Å²) in [6.45, 7) is 4.21. The maximum atomic E-state index is 6.18. The maximum Gasteiger partial charge on any atom is 0.178 e. The number of rotatable bonds is 6. The fourth-order valence-electron chi connectivity index (χ4n) is 4.60. The number of pyridine rings is 3. The topological polar surface area (TPSA) is 108 Å². The van der Waals surface area contributed by atoms with Crippen LogP contribution < -0.4 is 5.32 Å². The number of imidazole rings is 1. The number of aromatic amines is 2. The molecule has 1 aliphatic rings. The van der Waals surface area contributed by atoms with Crippen molar-refractivity contribution < 1.29 is 0 Å². The molecule has 37 heavy (non-hydrogen) atoms. The monoisotopic (exact) mass is 524 g/mol. The summed E-state index contributed by atoms with van der Waals surface area (Å²) in [5, 5.41) is 11.0. The molecule has 1 aliphatic carbocycles. The molecule has 0 saturated heterocycles. The van der Waals surface area contributed by atoms with Gasteiger partial charge in [0.05, 0.1) is 32.9 Å². The maximum absolute atomic E-state index is 6.18. The summed E-state index contributed by atoms with van der Waals surface area (Å²) in [6.07, 6.45) is 9.04. The van der Waals surface area contributed by atoms with E-state index in [9.17, 15) is 0 Å². The summed E-state index contributed by atoms with van der Waals surface area (Å²) in [5.74, 6) is 1.14. The van der Waals surface area contributed by atoms with E-state index in [0.29, 0.717) is 23.1 Å². The van der Waals surface area contributed by atoms with E-state index < -0.39 is 0 Å². The fourth-order valence-corrected chi connectivity index (χ4v) is 5.68. The van der Waals surface area contributed by atoms with Gasteiger partial charge in [0.15, 0.2) is 17.2 Å². The molecule has 1 fully saturated rings. The van der Waals surface area contributed by atoms with Crippen molar-refractivity contribution in [1.82, 2.24) is 35.1 Å². The highest BCUT2D eigenvalue weighted by atomic mass is 35.5. The van der Waals surface area contributed by atoms with Gasteiger partial charge < -0.3 is 10.3 Å². The standard InChI is InChI=1S/C27H21ClN8S/c1-14(15-3-2-4-15)31-17-11-16(12-29-13-17)19-5-6-20-24(32-19)25(36-35-20)27-33-23-18(9-10-30-26(23)34-27)21-7-8-22(28)37-21/h5-13,15,31H,1-4H2,(H,35,36)(H,30,33,34). The normalized spacial score (nSPS) is 13.8. The van der Waals surface area contributed by atoms with Crippen LogP contribution in [0.15, 0.2) is 67.3 Å². The van der Waals surface area contributed by atoms with Crippen LogP contribution in [-0.4, -0.2) is 35.1 Å². The summed E-state index contributed by atoms with van der Waals surface area (Å²) in [7, 11) is 0. The molecule has 0 unspecified atom stereocenters. The van der Waals surface area contributed by atoms with E-state index in [-0.39, 0.29) is 0 Å². The predicted octanol–water partition coefficient (Wildman–Crippen LogP) is 7.07. The van der Waals surface area contributed by atoms with Crippen LogP contribution in [-0.2, 0) is 0 Å². The Bertz CT molecular complexity index is 1790. The van der Waals surface area contributed by atoms with Crippen LogP contribution in [0, 0.1) is 5.92 Å². The van der Waals surface area contributed by atoms with Crippen molar-refractivity contribution >= 4 is 50.8 Å². The average Bonchev–Trinajstić information content (AvgIpc) is 3.60. The zero-order valence-electron chi connectivity index (χ0n) is 19.6. The molecule has 8 nitrogen and oxygen atoms in total. The van der Waals surface area contributed by atoms with Gasteiger partial charge in [-0.15, -0.1) is 11.3 Å². The Kier molecular flexibility index (Phi) is 5.26. The molecule has 1 saturated carbocycles. The molecule has 0 amide bonds. The van der Waals surface area contributed by atoms with Crippen LogP contribution in [0.4, 0.5) is 5.69 Å². The first kappa shape index (κ1) is 22.1. The van der Waals surface area contributed by atoms with Crippen LogP contribution in [0.1, 0.15) is 19.3 Å². The summed E-state index contributed by atoms with van der Waals surface area (Å²) in [6, 6.07) is 11.8. The second-order valence-corrected chi connectivity index (χ2v) is 10.9. The van der Waals surface area contributed by atoms with Gasteiger partial charge in [0.25, 0.3) is 0 Å². The number of thiophene rings is 1. The number of H-pyrrole nitrogens is 2. The van der Waals surface area contributed by atoms with Crippen LogP contribution >= 0.6 is 22.9 Å². The van der Waals surface area contributed by atoms with Crippen molar-refractivity contribution in [2.24, 2.45) is 5.92 Å². The number of hydrogen-bond acceptors (Lipinski definition) is 7. The summed E-state index contributed by atoms with van der Waals surface area (Å²) in [5.41, 5.74) is 8.26. The number of anilines is 1. The Morgan fingerprint density at radius 1 is 1.11 bits per heavy atom. The van der Waals surface area contributed by atoms with Gasteiger partial charge in [-0.1, -0.05) is 24.6 Å². The van der Waals surface area contributed by atoms with Gasteiger partial charge in [-0.2, -0.15) is 5.10 Å². The molecule has 7 rings (SSSR count). The highest BCUT2D eigenvalue weighted by Gasteiger charge is 2.21. The minimum absolute atomic E-state index is 0.544. The summed E-state index contributed by atoms with van der Waals surface area (Å²) in [4.78, 5) is 23.0. The first-order chi connectivity index (χ1) is 18.1. The quantitative estimate of drug-likeness (QED) is 0.215. The molecular weight excluding hydrogens is 504 g/mol. The van der Waals surface area contributed by atoms with Gasteiger partial charge in [0.1, 0.15) is 5.52 Å². The molecule has 182 valence electrons. The third kappa shape index (κ3) is 3.96. The summed E-state index contributed by atoms with van der Waals surface area (Å²) >= 11 is 7.69. The van der Waals surface area contributed by atoms with Gasteiger partial charge in [0.2, 0.25) is 0 Å². The third-order valence-corrected chi connectivity index (χ3v) is 8.06. The number of hydrogen-bond donors (Lipinski definition) is 3. The van der Waals surface area contributed by atoms with Crippen LogP contribution in [0.25, 0.3) is 55.4 Å². The van der Waals surface area contributed by atoms with Crippen molar-refractivity contribution in [3.63, 3.8) is 0 Å². The Morgan fingerprint density at radius 2 is 2.03 bits per heavy atom. The Morgan fingerprint density at radius 3 is 2.84 bits per heavy atom. The number of fused-ring (bicyclic) bond motifs is 2. The second-order valence-electron chi connectivity index (χ2n) is 9.15. The number of aromatic nitrogens is 7. The van der Waals surface area contributed by atoms with Crippen molar-refractivity contribution in [3.8, 4) is 33.2 Å². The lowest BCUT2D eigenvalue weighted by atomic mass is 9.83. The van der Waals surface area contributed by atoms with Gasteiger partial charge in [0, 0.05) is 34.1 Å². The molecule has 0 aromatic carbocycles. The molecule has 0 radical (unpaired) electrons. The van der Waals surface area contributed by atoms with Crippen molar-refractivity contribution in [2.75, 3.05) is 5.32 Å². The molecule has 10 heteroatoms. The Balaban J connectivity index is 1.26. The minimum Gasteiger partial charge on any atom is -0.358 e.